The van der Waals surface area contributed by atoms with Crippen molar-refractivity contribution in [1.82, 2.24) is 9.88 Å². The minimum atomic E-state index is -4.63. The zero-order valence-electron chi connectivity index (χ0n) is 23.6. The van der Waals surface area contributed by atoms with Gasteiger partial charge in [0, 0.05) is 34.3 Å². The highest BCUT2D eigenvalue weighted by molar-refractivity contribution is 5.99. The minimum absolute atomic E-state index is 0.229. The smallest absolute Gasteiger partial charge is 0.416 e. The Bertz CT molecular complexity index is 1860. The Morgan fingerprint density at radius 1 is 0.930 bits per heavy atom. The van der Waals surface area contributed by atoms with Gasteiger partial charge in [-0.1, -0.05) is 42.5 Å². The van der Waals surface area contributed by atoms with Gasteiger partial charge in [-0.05, 0) is 85.5 Å². The molecule has 0 spiro atoms. The topological polar surface area (TPSA) is 71.3 Å². The maximum Gasteiger partial charge on any atom is 0.416 e. The van der Waals surface area contributed by atoms with Gasteiger partial charge in [0.15, 0.2) is 0 Å². The lowest BCUT2D eigenvalue weighted by Gasteiger charge is -2.17. The molecule has 5 nitrogen and oxygen atoms in total. The van der Waals surface area contributed by atoms with E-state index in [0.717, 1.165) is 39.4 Å². The summed E-state index contributed by atoms with van der Waals surface area (Å²) in [6.07, 6.45) is -4.63. The number of nitrogens with one attached hydrogen (secondary N) is 1. The van der Waals surface area contributed by atoms with E-state index >= 15 is 0 Å². The second-order valence-corrected chi connectivity index (χ2v) is 10.5. The molecular weight excluding hydrogens is 560 g/mol. The summed E-state index contributed by atoms with van der Waals surface area (Å²) in [5.74, 6) is -2.36. The number of benzene rings is 4. The SMILES string of the molecule is Cc1c(C)n(Cc2ccc(-c3ccccc3C(=O)O)cc2)c2ccc(C(=O)N[C@@H](C)c3cc(C(F)(F)F)ccc3F)cc12. The summed E-state index contributed by atoms with van der Waals surface area (Å²) in [6.45, 7) is 5.90. The van der Waals surface area contributed by atoms with E-state index in [-0.39, 0.29) is 11.1 Å². The van der Waals surface area contributed by atoms with E-state index in [2.05, 4.69) is 9.88 Å². The normalized spacial score (nSPS) is 12.3. The largest absolute Gasteiger partial charge is 0.478 e. The number of carbonyl (C=O) groups is 2. The second-order valence-electron chi connectivity index (χ2n) is 10.5. The molecule has 0 fully saturated rings. The number of aromatic nitrogens is 1. The number of hydrogen-bond acceptors (Lipinski definition) is 2. The molecule has 1 amide bonds. The summed E-state index contributed by atoms with van der Waals surface area (Å²) in [4.78, 5) is 24.7. The molecule has 1 aromatic heterocycles. The summed E-state index contributed by atoms with van der Waals surface area (Å²) in [7, 11) is 0. The zero-order valence-corrected chi connectivity index (χ0v) is 23.6. The average molecular weight is 589 g/mol. The summed E-state index contributed by atoms with van der Waals surface area (Å²) in [6, 6.07) is 20.8. The third-order valence-electron chi connectivity index (χ3n) is 7.80. The zero-order chi connectivity index (χ0) is 31.1. The van der Waals surface area contributed by atoms with Gasteiger partial charge in [-0.15, -0.1) is 0 Å². The lowest BCUT2D eigenvalue weighted by Crippen LogP contribution is -2.27. The number of nitrogens with zero attached hydrogens (tertiary/aromatic N) is 1. The number of hydrogen-bond donors (Lipinski definition) is 2. The molecule has 5 aromatic rings. The van der Waals surface area contributed by atoms with Crippen LogP contribution in [0.25, 0.3) is 22.0 Å². The van der Waals surface area contributed by atoms with Crippen LogP contribution in [-0.2, 0) is 12.7 Å². The van der Waals surface area contributed by atoms with Gasteiger partial charge in [0.25, 0.3) is 5.91 Å². The average Bonchev–Trinajstić information content (AvgIpc) is 3.21. The van der Waals surface area contributed by atoms with Crippen molar-refractivity contribution in [3.63, 3.8) is 0 Å². The lowest BCUT2D eigenvalue weighted by atomic mass is 9.99. The Kier molecular flexibility index (Phi) is 7.84. The molecule has 0 saturated heterocycles. The van der Waals surface area contributed by atoms with Crippen LogP contribution in [0.3, 0.4) is 0 Å². The summed E-state index contributed by atoms with van der Waals surface area (Å²) < 4.78 is 55.9. The minimum Gasteiger partial charge on any atom is -0.478 e. The molecule has 4 aromatic carbocycles. The van der Waals surface area contributed by atoms with E-state index in [4.69, 9.17) is 0 Å². The first-order chi connectivity index (χ1) is 20.3. The Hall–Kier alpha value is -4.92. The summed E-state index contributed by atoms with van der Waals surface area (Å²) in [5, 5.41) is 13.0. The molecule has 1 atom stereocenters. The first kappa shape index (κ1) is 29.6. The highest BCUT2D eigenvalue weighted by atomic mass is 19.4. The van der Waals surface area contributed by atoms with Crippen molar-refractivity contribution in [2.75, 3.05) is 0 Å². The van der Waals surface area contributed by atoms with Crippen molar-refractivity contribution in [3.05, 3.63) is 130 Å². The van der Waals surface area contributed by atoms with Crippen LogP contribution in [0.4, 0.5) is 17.6 Å². The van der Waals surface area contributed by atoms with Crippen molar-refractivity contribution < 1.29 is 32.3 Å². The highest BCUT2D eigenvalue weighted by Crippen LogP contribution is 2.33. The van der Waals surface area contributed by atoms with Gasteiger partial charge in [-0.2, -0.15) is 13.2 Å². The van der Waals surface area contributed by atoms with E-state index in [1.54, 1.807) is 36.4 Å². The monoisotopic (exact) mass is 588 g/mol. The quantitative estimate of drug-likeness (QED) is 0.188. The van der Waals surface area contributed by atoms with Gasteiger partial charge in [0.2, 0.25) is 0 Å². The van der Waals surface area contributed by atoms with Crippen molar-refractivity contribution in [2.24, 2.45) is 0 Å². The standard InChI is InChI=1S/C34H28F4N2O3/c1-19-21(3)40(18-22-8-10-23(11-9-22)26-6-4-5-7-27(26)33(42)43)31-15-12-24(16-28(19)31)32(41)39-20(2)29-17-25(34(36,37)38)13-14-30(29)35/h4-17,20H,18H2,1-3H3,(H,39,41)(H,42,43)/t20-/m0/s1. The van der Waals surface area contributed by atoms with Gasteiger partial charge >= 0.3 is 12.1 Å². The predicted molar refractivity (Wildman–Crippen MR) is 157 cm³/mol. The first-order valence-electron chi connectivity index (χ1n) is 13.5. The maximum atomic E-state index is 14.4. The van der Waals surface area contributed by atoms with E-state index in [1.165, 1.54) is 6.92 Å². The van der Waals surface area contributed by atoms with Gasteiger partial charge in [-0.25, -0.2) is 9.18 Å². The molecule has 0 aliphatic rings. The molecule has 43 heavy (non-hydrogen) atoms. The second kappa shape index (κ2) is 11.4. The predicted octanol–water partition coefficient (Wildman–Crippen LogP) is 8.32. The number of amides is 1. The van der Waals surface area contributed by atoms with Crippen molar-refractivity contribution >= 4 is 22.8 Å². The fourth-order valence-electron chi connectivity index (χ4n) is 5.30. The number of fused-ring (bicyclic) bond motifs is 1. The van der Waals surface area contributed by atoms with Crippen molar-refractivity contribution in [1.29, 1.82) is 0 Å². The van der Waals surface area contributed by atoms with Gasteiger partial charge in [-0.3, -0.25) is 4.79 Å². The molecule has 0 aliphatic heterocycles. The fourth-order valence-corrected chi connectivity index (χ4v) is 5.30. The number of halogens is 4. The Morgan fingerprint density at radius 3 is 2.30 bits per heavy atom. The van der Waals surface area contributed by atoms with Crippen LogP contribution in [0, 0.1) is 19.7 Å². The Labute approximate surface area is 245 Å². The van der Waals surface area contributed by atoms with Crippen LogP contribution in [0.5, 0.6) is 0 Å². The van der Waals surface area contributed by atoms with Crippen LogP contribution in [0.2, 0.25) is 0 Å². The molecule has 0 aliphatic carbocycles. The van der Waals surface area contributed by atoms with E-state index < -0.39 is 35.5 Å². The molecule has 0 unspecified atom stereocenters. The number of carbonyl (C=O) groups excluding carboxylic acids is 1. The summed E-state index contributed by atoms with van der Waals surface area (Å²) in [5.41, 5.74) is 4.57. The summed E-state index contributed by atoms with van der Waals surface area (Å²) >= 11 is 0. The maximum absolute atomic E-state index is 14.4. The number of carboxylic acids is 1. The lowest BCUT2D eigenvalue weighted by molar-refractivity contribution is -0.137. The van der Waals surface area contributed by atoms with Crippen LogP contribution in [0.15, 0.2) is 84.9 Å². The van der Waals surface area contributed by atoms with Gasteiger partial charge in [0.1, 0.15) is 5.82 Å². The number of carboxylic acid groups (broad SMARTS) is 1. The Balaban J connectivity index is 1.38. The highest BCUT2D eigenvalue weighted by Gasteiger charge is 2.32. The Morgan fingerprint density at radius 2 is 1.63 bits per heavy atom. The number of aryl methyl sites for hydroxylation is 1. The molecule has 220 valence electrons. The van der Waals surface area contributed by atoms with Gasteiger partial charge < -0.3 is 15.0 Å². The third kappa shape index (κ3) is 5.88. The molecule has 0 radical (unpaired) electrons. The van der Waals surface area contributed by atoms with Crippen LogP contribution < -0.4 is 5.32 Å². The number of aromatic carboxylic acids is 1. The molecule has 1 heterocycles. The molecular formula is C34H28F4N2O3. The van der Waals surface area contributed by atoms with E-state index in [0.29, 0.717) is 29.8 Å². The molecule has 0 saturated carbocycles. The van der Waals surface area contributed by atoms with Crippen molar-refractivity contribution in [3.8, 4) is 11.1 Å². The molecule has 5 rings (SSSR count). The van der Waals surface area contributed by atoms with Gasteiger partial charge in [0.05, 0.1) is 17.2 Å². The fraction of sp³-hybridized carbons (Fsp3) is 0.176. The van der Waals surface area contributed by atoms with Crippen LogP contribution >= 0.6 is 0 Å². The third-order valence-corrected chi connectivity index (χ3v) is 7.80. The van der Waals surface area contributed by atoms with Crippen LogP contribution in [0.1, 0.15) is 61.6 Å². The van der Waals surface area contributed by atoms with Crippen molar-refractivity contribution in [2.45, 2.75) is 39.5 Å². The van der Waals surface area contributed by atoms with Crippen LogP contribution in [-0.4, -0.2) is 21.6 Å². The number of rotatable bonds is 7. The van der Waals surface area contributed by atoms with E-state index in [1.807, 2.05) is 44.2 Å². The first-order valence-corrected chi connectivity index (χ1v) is 13.5. The van der Waals surface area contributed by atoms with E-state index in [9.17, 15) is 32.3 Å². The molecule has 2 N–H and O–H groups in total. The number of alkyl halides is 3. The molecule has 0 bridgehead atoms. The molecule has 9 heteroatoms.